The number of nitrogens with zero attached hydrogens (tertiary/aromatic N) is 1. The lowest BCUT2D eigenvalue weighted by Gasteiger charge is -2.08. The fourth-order valence-corrected chi connectivity index (χ4v) is 1.51. The van der Waals surface area contributed by atoms with E-state index in [9.17, 15) is 0 Å². The van der Waals surface area contributed by atoms with Crippen molar-refractivity contribution in [3.05, 3.63) is 27.2 Å². The van der Waals surface area contributed by atoms with Crippen LogP contribution in [0.1, 0.15) is 12.5 Å². The zero-order valence-electron chi connectivity index (χ0n) is 6.97. The van der Waals surface area contributed by atoms with E-state index in [1.54, 1.807) is 12.1 Å². The van der Waals surface area contributed by atoms with Gasteiger partial charge in [0.25, 0.3) is 0 Å². The summed E-state index contributed by atoms with van der Waals surface area (Å²) in [6.07, 6.45) is 0. The van der Waals surface area contributed by atoms with Crippen molar-refractivity contribution in [1.29, 1.82) is 5.26 Å². The number of benzene rings is 1. The maximum absolute atomic E-state index is 8.77. The Morgan fingerprint density at radius 2 is 2.31 bits per heavy atom. The van der Waals surface area contributed by atoms with E-state index >= 15 is 0 Å². The van der Waals surface area contributed by atoms with Gasteiger partial charge in [0, 0.05) is 0 Å². The molecule has 13 heavy (non-hydrogen) atoms. The van der Waals surface area contributed by atoms with Gasteiger partial charge in [-0.3, -0.25) is 0 Å². The molecule has 0 saturated heterocycles. The van der Waals surface area contributed by atoms with E-state index in [0.717, 1.165) is 0 Å². The predicted octanol–water partition coefficient (Wildman–Crippen LogP) is 3.37. The Bertz CT molecular complexity index is 359. The van der Waals surface area contributed by atoms with Crippen molar-refractivity contribution in [2.75, 3.05) is 6.61 Å². The summed E-state index contributed by atoms with van der Waals surface area (Å²) in [5.41, 5.74) is 0.484. The van der Waals surface area contributed by atoms with E-state index in [4.69, 9.17) is 21.6 Å². The van der Waals surface area contributed by atoms with Gasteiger partial charge in [-0.25, -0.2) is 0 Å². The fourth-order valence-electron chi connectivity index (χ4n) is 0.906. The lowest BCUT2D eigenvalue weighted by Crippen LogP contribution is -1.95. The highest BCUT2D eigenvalue weighted by atomic mass is 79.9. The van der Waals surface area contributed by atoms with E-state index < -0.39 is 0 Å². The number of hydrogen-bond acceptors (Lipinski definition) is 2. The molecule has 1 aromatic carbocycles. The van der Waals surface area contributed by atoms with Crippen molar-refractivity contribution in [3.8, 4) is 11.8 Å². The summed E-state index contributed by atoms with van der Waals surface area (Å²) in [4.78, 5) is 0. The predicted molar refractivity (Wildman–Crippen MR) is 55.0 cm³/mol. The Labute approximate surface area is 90.2 Å². The molecule has 68 valence electrons. The number of hydrogen-bond donors (Lipinski definition) is 0. The Hall–Kier alpha value is -0.720. The fraction of sp³-hybridized carbons (Fsp3) is 0.222. The molecule has 0 aromatic heterocycles. The Morgan fingerprint density at radius 1 is 1.62 bits per heavy atom. The molecule has 0 aliphatic carbocycles. The third-order valence-corrected chi connectivity index (χ3v) is 2.79. The summed E-state index contributed by atoms with van der Waals surface area (Å²) in [7, 11) is 0. The van der Waals surface area contributed by atoms with Crippen LogP contribution in [-0.4, -0.2) is 6.61 Å². The number of ether oxygens (including phenoxy) is 1. The van der Waals surface area contributed by atoms with E-state index in [2.05, 4.69) is 15.9 Å². The molecule has 0 radical (unpaired) electrons. The monoisotopic (exact) mass is 259 g/mol. The minimum atomic E-state index is 0.484. The largest absolute Gasteiger partial charge is 0.491 e. The van der Waals surface area contributed by atoms with Crippen LogP contribution in [0.5, 0.6) is 5.75 Å². The Balaban J connectivity index is 3.26. The van der Waals surface area contributed by atoms with Gasteiger partial charge in [-0.05, 0) is 35.0 Å². The molecule has 0 fully saturated rings. The molecule has 0 saturated carbocycles. The Kier molecular flexibility index (Phi) is 3.58. The molecule has 0 N–H and O–H groups in total. The molecule has 0 heterocycles. The van der Waals surface area contributed by atoms with Crippen LogP contribution in [0.15, 0.2) is 16.6 Å². The van der Waals surface area contributed by atoms with Crippen LogP contribution in [0.3, 0.4) is 0 Å². The van der Waals surface area contributed by atoms with Gasteiger partial charge in [-0.1, -0.05) is 11.6 Å². The molecular weight excluding hydrogens is 253 g/mol. The van der Waals surface area contributed by atoms with Crippen molar-refractivity contribution in [1.82, 2.24) is 0 Å². The highest BCUT2D eigenvalue weighted by Gasteiger charge is 2.10. The number of nitriles is 1. The summed E-state index contributed by atoms with van der Waals surface area (Å²) in [6.45, 7) is 2.36. The SMILES string of the molecule is CCOc1c(C#N)ccc(Cl)c1Br. The van der Waals surface area contributed by atoms with Crippen LogP contribution in [0.2, 0.25) is 5.02 Å². The maximum atomic E-state index is 8.77. The second-order valence-electron chi connectivity index (χ2n) is 2.28. The lowest BCUT2D eigenvalue weighted by molar-refractivity contribution is 0.337. The van der Waals surface area contributed by atoms with E-state index in [1.165, 1.54) is 0 Å². The number of halogens is 2. The van der Waals surface area contributed by atoms with E-state index in [-0.39, 0.29) is 0 Å². The van der Waals surface area contributed by atoms with E-state index in [1.807, 2.05) is 13.0 Å². The molecule has 4 heteroatoms. The first-order valence-corrected chi connectivity index (χ1v) is 4.88. The summed E-state index contributed by atoms with van der Waals surface area (Å²) < 4.78 is 5.92. The van der Waals surface area contributed by atoms with Crippen LogP contribution in [0.4, 0.5) is 0 Å². The zero-order chi connectivity index (χ0) is 9.84. The summed E-state index contributed by atoms with van der Waals surface area (Å²) in [5, 5.41) is 9.31. The molecule has 0 spiro atoms. The molecule has 0 aliphatic rings. The van der Waals surface area contributed by atoms with Gasteiger partial charge in [-0.2, -0.15) is 5.26 Å². The molecule has 0 aliphatic heterocycles. The zero-order valence-corrected chi connectivity index (χ0v) is 9.32. The molecule has 0 unspecified atom stereocenters. The van der Waals surface area contributed by atoms with Gasteiger partial charge in [0.15, 0.2) is 5.75 Å². The summed E-state index contributed by atoms with van der Waals surface area (Å²) in [6, 6.07) is 5.33. The topological polar surface area (TPSA) is 33.0 Å². The Morgan fingerprint density at radius 3 is 2.85 bits per heavy atom. The molecule has 0 atom stereocenters. The first kappa shape index (κ1) is 10.4. The molecule has 1 rings (SSSR count). The van der Waals surface area contributed by atoms with Crippen molar-refractivity contribution >= 4 is 27.5 Å². The normalized spacial score (nSPS) is 9.38. The van der Waals surface area contributed by atoms with Crippen molar-refractivity contribution in [2.45, 2.75) is 6.92 Å². The highest BCUT2D eigenvalue weighted by molar-refractivity contribution is 9.10. The molecule has 0 amide bonds. The average Bonchev–Trinajstić information content (AvgIpc) is 2.14. The van der Waals surface area contributed by atoms with Crippen LogP contribution >= 0.6 is 27.5 Å². The van der Waals surface area contributed by atoms with Crippen molar-refractivity contribution in [3.63, 3.8) is 0 Å². The third kappa shape index (κ3) is 2.15. The number of rotatable bonds is 2. The van der Waals surface area contributed by atoms with E-state index in [0.29, 0.717) is 27.4 Å². The first-order chi connectivity index (χ1) is 6.20. The quantitative estimate of drug-likeness (QED) is 0.817. The third-order valence-electron chi connectivity index (χ3n) is 1.46. The summed E-state index contributed by atoms with van der Waals surface area (Å²) >= 11 is 9.11. The van der Waals surface area contributed by atoms with Crippen LogP contribution in [0.25, 0.3) is 0 Å². The van der Waals surface area contributed by atoms with Gasteiger partial charge in [0.1, 0.15) is 6.07 Å². The average molecular weight is 261 g/mol. The smallest absolute Gasteiger partial charge is 0.152 e. The van der Waals surface area contributed by atoms with Gasteiger partial charge < -0.3 is 4.74 Å². The van der Waals surface area contributed by atoms with Crippen molar-refractivity contribution < 1.29 is 4.74 Å². The molecule has 0 bridgehead atoms. The second kappa shape index (κ2) is 4.50. The van der Waals surface area contributed by atoms with Gasteiger partial charge in [-0.15, -0.1) is 0 Å². The van der Waals surface area contributed by atoms with Gasteiger partial charge >= 0.3 is 0 Å². The standard InChI is InChI=1S/C9H7BrClNO/c1-2-13-9-6(5-12)3-4-7(11)8(9)10/h3-4H,2H2,1H3. The maximum Gasteiger partial charge on any atom is 0.152 e. The minimum Gasteiger partial charge on any atom is -0.491 e. The van der Waals surface area contributed by atoms with Crippen LogP contribution in [-0.2, 0) is 0 Å². The minimum absolute atomic E-state index is 0.484. The molecule has 2 nitrogen and oxygen atoms in total. The van der Waals surface area contributed by atoms with Crippen molar-refractivity contribution in [2.24, 2.45) is 0 Å². The second-order valence-corrected chi connectivity index (χ2v) is 3.48. The van der Waals surface area contributed by atoms with Crippen LogP contribution < -0.4 is 4.74 Å². The van der Waals surface area contributed by atoms with Gasteiger partial charge in [0.2, 0.25) is 0 Å². The molecular formula is C9H7BrClNO. The first-order valence-electron chi connectivity index (χ1n) is 3.71. The van der Waals surface area contributed by atoms with Gasteiger partial charge in [0.05, 0.1) is 21.7 Å². The molecule has 1 aromatic rings. The highest BCUT2D eigenvalue weighted by Crippen LogP contribution is 2.35. The van der Waals surface area contributed by atoms with Crippen LogP contribution in [0, 0.1) is 11.3 Å². The lowest BCUT2D eigenvalue weighted by atomic mass is 10.2. The summed E-state index contributed by atoms with van der Waals surface area (Å²) in [5.74, 6) is 0.512.